The van der Waals surface area contributed by atoms with Crippen LogP contribution in [-0.4, -0.2) is 49.2 Å². The van der Waals surface area contributed by atoms with Crippen LogP contribution in [0.4, 0.5) is 4.79 Å². The molecular formula is C17H26ClIN4O2. The van der Waals surface area contributed by atoms with Crippen molar-refractivity contribution < 1.29 is 9.53 Å². The predicted molar refractivity (Wildman–Crippen MR) is 112 cm³/mol. The number of nitrogens with one attached hydrogen (secondary N) is 1. The second-order valence-corrected chi connectivity index (χ2v) is 6.19. The van der Waals surface area contributed by atoms with E-state index < -0.39 is 0 Å². The molecule has 0 bridgehead atoms. The van der Waals surface area contributed by atoms with Crippen molar-refractivity contribution >= 4 is 47.6 Å². The number of nitrogens with two attached hydrogens (primary N) is 1. The second-order valence-electron chi connectivity index (χ2n) is 5.75. The molecule has 1 amide bonds. The van der Waals surface area contributed by atoms with Gasteiger partial charge in [-0.3, -0.25) is 4.99 Å². The first-order valence-electron chi connectivity index (χ1n) is 8.31. The Morgan fingerprint density at radius 1 is 1.44 bits per heavy atom. The molecule has 0 radical (unpaired) electrons. The van der Waals surface area contributed by atoms with Crippen LogP contribution in [0.2, 0.25) is 5.02 Å². The van der Waals surface area contributed by atoms with E-state index in [1.165, 1.54) is 0 Å². The number of ether oxygens (including phenoxy) is 1. The van der Waals surface area contributed by atoms with Gasteiger partial charge in [0.1, 0.15) is 0 Å². The zero-order valence-electron chi connectivity index (χ0n) is 14.4. The normalized spacial score (nSPS) is 15.4. The Hall–Kier alpha value is -1.22. The number of hydrogen-bond acceptors (Lipinski definition) is 3. The van der Waals surface area contributed by atoms with E-state index >= 15 is 0 Å². The number of aliphatic imine (C=N–C) groups is 1. The van der Waals surface area contributed by atoms with Crippen molar-refractivity contribution in [3.05, 3.63) is 34.9 Å². The number of amides is 1. The highest BCUT2D eigenvalue weighted by Gasteiger charge is 2.23. The summed E-state index contributed by atoms with van der Waals surface area (Å²) < 4.78 is 5.01. The second kappa shape index (κ2) is 11.4. The van der Waals surface area contributed by atoms with Crippen LogP contribution in [0.3, 0.4) is 0 Å². The van der Waals surface area contributed by atoms with Gasteiger partial charge >= 0.3 is 6.09 Å². The highest BCUT2D eigenvalue weighted by molar-refractivity contribution is 14.0. The quantitative estimate of drug-likeness (QED) is 0.386. The Balaban J connectivity index is 0.00000312. The van der Waals surface area contributed by atoms with Crippen LogP contribution in [-0.2, 0) is 11.2 Å². The molecule has 1 aromatic carbocycles. The summed E-state index contributed by atoms with van der Waals surface area (Å²) in [7, 11) is 0. The van der Waals surface area contributed by atoms with E-state index in [2.05, 4.69) is 10.3 Å². The summed E-state index contributed by atoms with van der Waals surface area (Å²) in [4.78, 5) is 17.7. The van der Waals surface area contributed by atoms with Crippen LogP contribution < -0.4 is 11.1 Å². The molecule has 0 aromatic heterocycles. The van der Waals surface area contributed by atoms with Crippen LogP contribution >= 0.6 is 35.6 Å². The fourth-order valence-electron chi connectivity index (χ4n) is 2.67. The molecule has 1 saturated heterocycles. The number of rotatable bonds is 5. The maximum atomic E-state index is 11.7. The standard InChI is InChI=1S/C17H25ClN4O2.HI/c1-2-24-17(23)22-10-7-15(8-11-22)21-16(19)20-9-6-13-4-3-5-14(18)12-13;/h3-5,12,15H,2,6-11H2,1H3,(H3,19,20,21);1H. The van der Waals surface area contributed by atoms with Gasteiger partial charge < -0.3 is 20.7 Å². The lowest BCUT2D eigenvalue weighted by atomic mass is 10.1. The van der Waals surface area contributed by atoms with Crippen molar-refractivity contribution in [1.29, 1.82) is 0 Å². The van der Waals surface area contributed by atoms with Gasteiger partial charge in [-0.15, -0.1) is 24.0 Å². The molecular weight excluding hydrogens is 455 g/mol. The first-order chi connectivity index (χ1) is 11.6. The molecule has 0 saturated carbocycles. The molecule has 0 spiro atoms. The Kier molecular flexibility index (Phi) is 9.96. The molecule has 140 valence electrons. The molecule has 1 aliphatic rings. The van der Waals surface area contributed by atoms with Gasteiger partial charge in [0.2, 0.25) is 0 Å². The summed E-state index contributed by atoms with van der Waals surface area (Å²) >= 11 is 5.96. The van der Waals surface area contributed by atoms with E-state index in [0.29, 0.717) is 32.2 Å². The molecule has 1 heterocycles. The Morgan fingerprint density at radius 2 is 2.16 bits per heavy atom. The van der Waals surface area contributed by atoms with Gasteiger partial charge in [0.25, 0.3) is 0 Å². The number of hydrogen-bond donors (Lipinski definition) is 2. The van der Waals surface area contributed by atoms with Crippen molar-refractivity contribution in [2.24, 2.45) is 10.7 Å². The molecule has 1 aromatic rings. The van der Waals surface area contributed by atoms with Crippen molar-refractivity contribution in [2.75, 3.05) is 26.2 Å². The third-order valence-corrected chi connectivity index (χ3v) is 4.18. The molecule has 0 unspecified atom stereocenters. The van der Waals surface area contributed by atoms with Gasteiger partial charge in [-0.1, -0.05) is 23.7 Å². The highest BCUT2D eigenvalue weighted by atomic mass is 127. The summed E-state index contributed by atoms with van der Waals surface area (Å²) in [6, 6.07) is 7.99. The van der Waals surface area contributed by atoms with E-state index in [-0.39, 0.29) is 36.1 Å². The van der Waals surface area contributed by atoms with Crippen LogP contribution in [0, 0.1) is 0 Å². The van der Waals surface area contributed by atoms with Crippen LogP contribution in [0.5, 0.6) is 0 Å². The number of guanidine groups is 1. The Morgan fingerprint density at radius 3 is 2.80 bits per heavy atom. The van der Waals surface area contributed by atoms with Crippen molar-refractivity contribution in [1.82, 2.24) is 10.2 Å². The van der Waals surface area contributed by atoms with Crippen molar-refractivity contribution in [2.45, 2.75) is 32.2 Å². The van der Waals surface area contributed by atoms with E-state index in [1.54, 1.807) is 4.90 Å². The molecule has 3 N–H and O–H groups in total. The average molecular weight is 481 g/mol. The molecule has 0 aliphatic carbocycles. The van der Waals surface area contributed by atoms with E-state index in [9.17, 15) is 4.79 Å². The largest absolute Gasteiger partial charge is 0.450 e. The summed E-state index contributed by atoms with van der Waals surface area (Å²) in [6.45, 7) is 4.18. The molecule has 1 aliphatic heterocycles. The Bertz CT molecular complexity index is 578. The molecule has 0 atom stereocenters. The third-order valence-electron chi connectivity index (χ3n) is 3.94. The zero-order valence-corrected chi connectivity index (χ0v) is 17.5. The summed E-state index contributed by atoms with van der Waals surface area (Å²) in [5, 5.41) is 3.96. The average Bonchev–Trinajstić information content (AvgIpc) is 2.56. The van der Waals surface area contributed by atoms with Gasteiger partial charge in [0.05, 0.1) is 6.61 Å². The topological polar surface area (TPSA) is 80.0 Å². The van der Waals surface area contributed by atoms with Crippen LogP contribution in [0.1, 0.15) is 25.3 Å². The molecule has 25 heavy (non-hydrogen) atoms. The number of piperidine rings is 1. The third kappa shape index (κ3) is 7.68. The number of halogens is 2. The SMILES string of the molecule is CCOC(=O)N1CCC(NC(N)=NCCc2cccc(Cl)c2)CC1.I. The number of likely N-dealkylation sites (tertiary alicyclic amines) is 1. The lowest BCUT2D eigenvalue weighted by molar-refractivity contribution is 0.0963. The van der Waals surface area contributed by atoms with Gasteiger partial charge in [0, 0.05) is 30.7 Å². The number of carbonyl (C=O) groups excluding carboxylic acids is 1. The fourth-order valence-corrected chi connectivity index (χ4v) is 2.89. The first kappa shape index (κ1) is 21.8. The Labute approximate surface area is 171 Å². The maximum Gasteiger partial charge on any atom is 0.409 e. The molecule has 6 nitrogen and oxygen atoms in total. The number of benzene rings is 1. The van der Waals surface area contributed by atoms with Gasteiger partial charge in [-0.05, 0) is 43.9 Å². The van der Waals surface area contributed by atoms with Crippen LogP contribution in [0.15, 0.2) is 29.3 Å². The maximum absolute atomic E-state index is 11.7. The molecule has 2 rings (SSSR count). The number of carbonyl (C=O) groups is 1. The highest BCUT2D eigenvalue weighted by Crippen LogP contribution is 2.12. The lowest BCUT2D eigenvalue weighted by Gasteiger charge is -2.31. The van der Waals surface area contributed by atoms with Crippen LogP contribution in [0.25, 0.3) is 0 Å². The zero-order chi connectivity index (χ0) is 17.4. The monoisotopic (exact) mass is 480 g/mol. The van der Waals surface area contributed by atoms with E-state index in [4.69, 9.17) is 22.1 Å². The van der Waals surface area contributed by atoms with Gasteiger partial charge in [-0.25, -0.2) is 4.79 Å². The minimum Gasteiger partial charge on any atom is -0.450 e. The molecule has 1 fully saturated rings. The molecule has 8 heteroatoms. The predicted octanol–water partition coefficient (Wildman–Crippen LogP) is 3.03. The summed E-state index contributed by atoms with van der Waals surface area (Å²) in [5.41, 5.74) is 7.09. The lowest BCUT2D eigenvalue weighted by Crippen LogP contribution is -2.48. The number of nitrogens with zero attached hydrogens (tertiary/aromatic N) is 2. The smallest absolute Gasteiger partial charge is 0.409 e. The minimum absolute atomic E-state index is 0. The summed E-state index contributed by atoms with van der Waals surface area (Å²) in [5.74, 6) is 0.451. The minimum atomic E-state index is -0.237. The van der Waals surface area contributed by atoms with Crippen molar-refractivity contribution in [3.8, 4) is 0 Å². The first-order valence-corrected chi connectivity index (χ1v) is 8.69. The van der Waals surface area contributed by atoms with Crippen molar-refractivity contribution in [3.63, 3.8) is 0 Å². The van der Waals surface area contributed by atoms with E-state index in [1.807, 2.05) is 31.2 Å². The fraction of sp³-hybridized carbons (Fsp3) is 0.529. The van der Waals surface area contributed by atoms with E-state index in [0.717, 1.165) is 29.8 Å². The van der Waals surface area contributed by atoms with Gasteiger partial charge in [-0.2, -0.15) is 0 Å². The van der Waals surface area contributed by atoms with Gasteiger partial charge in [0.15, 0.2) is 5.96 Å². The summed E-state index contributed by atoms with van der Waals surface area (Å²) in [6.07, 6.45) is 2.23.